The molecule has 0 aliphatic carbocycles. The molecule has 1 unspecified atom stereocenters. The van der Waals surface area contributed by atoms with Crippen LogP contribution in [-0.2, 0) is 14.2 Å². The average Bonchev–Trinajstić information content (AvgIpc) is 3.10. The molecular weight excluding hydrogens is 338 g/mol. The summed E-state index contributed by atoms with van der Waals surface area (Å²) in [5.74, 6) is 1.79. The van der Waals surface area contributed by atoms with Gasteiger partial charge in [0.1, 0.15) is 23.9 Å². The van der Waals surface area contributed by atoms with Crippen molar-refractivity contribution < 1.29 is 14.2 Å². The van der Waals surface area contributed by atoms with E-state index in [2.05, 4.69) is 57.0 Å². The van der Waals surface area contributed by atoms with E-state index in [1.54, 1.807) is 0 Å². The quantitative estimate of drug-likeness (QED) is 0.739. The van der Waals surface area contributed by atoms with E-state index in [4.69, 9.17) is 14.2 Å². The van der Waals surface area contributed by atoms with Gasteiger partial charge in [0.05, 0.1) is 24.6 Å². The van der Waals surface area contributed by atoms with Crippen molar-refractivity contribution in [2.45, 2.75) is 47.1 Å². The molecule has 1 fully saturated rings. The van der Waals surface area contributed by atoms with Crippen LogP contribution in [0.1, 0.15) is 37.0 Å². The molecule has 1 aromatic carbocycles. The average molecular weight is 365 g/mol. The minimum atomic E-state index is 0.114. The first-order chi connectivity index (χ1) is 12.9. The van der Waals surface area contributed by atoms with E-state index in [9.17, 15) is 0 Å². The number of aryl methyl sites for hydroxylation is 3. The van der Waals surface area contributed by atoms with Gasteiger partial charge in [0.2, 0.25) is 0 Å². The molecule has 3 aliphatic rings. The smallest absolute Gasteiger partial charge is 0.133 e. The van der Waals surface area contributed by atoms with Gasteiger partial charge in [-0.25, -0.2) is 0 Å². The van der Waals surface area contributed by atoms with Gasteiger partial charge in [0, 0.05) is 23.8 Å². The summed E-state index contributed by atoms with van der Waals surface area (Å²) >= 11 is 0. The normalized spacial score (nSPS) is 22.0. The van der Waals surface area contributed by atoms with Crippen LogP contribution in [0.4, 0.5) is 5.69 Å². The minimum Gasteiger partial charge on any atom is -0.487 e. The van der Waals surface area contributed by atoms with Crippen molar-refractivity contribution >= 4 is 5.69 Å². The van der Waals surface area contributed by atoms with Crippen LogP contribution >= 0.6 is 0 Å². The van der Waals surface area contributed by atoms with Crippen molar-refractivity contribution in [1.82, 2.24) is 0 Å². The predicted octanol–water partition coefficient (Wildman–Crippen LogP) is 5.17. The van der Waals surface area contributed by atoms with Gasteiger partial charge in [-0.05, 0) is 51.8 Å². The van der Waals surface area contributed by atoms with Crippen LogP contribution in [0.15, 0.2) is 59.0 Å². The molecule has 0 bridgehead atoms. The fraction of sp³-hybridized carbons (Fsp3) is 0.391. The van der Waals surface area contributed by atoms with E-state index in [0.717, 1.165) is 41.4 Å². The lowest BCUT2D eigenvalue weighted by Crippen LogP contribution is -2.27. The molecule has 0 spiro atoms. The van der Waals surface area contributed by atoms with Crippen LogP contribution in [0.3, 0.4) is 0 Å². The number of nitrogens with zero attached hydrogens (tertiary/aromatic N) is 1. The highest BCUT2D eigenvalue weighted by molar-refractivity contribution is 5.72. The minimum absolute atomic E-state index is 0.114. The van der Waals surface area contributed by atoms with Crippen molar-refractivity contribution in [2.24, 2.45) is 0 Å². The summed E-state index contributed by atoms with van der Waals surface area (Å²) < 4.78 is 17.6. The summed E-state index contributed by atoms with van der Waals surface area (Å²) in [5, 5.41) is 0. The van der Waals surface area contributed by atoms with Crippen molar-refractivity contribution in [2.75, 3.05) is 18.1 Å². The topological polar surface area (TPSA) is 30.9 Å². The molecule has 1 atom stereocenters. The molecule has 4 nitrogen and oxygen atoms in total. The Morgan fingerprint density at radius 3 is 2.48 bits per heavy atom. The molecular formula is C23H27NO3. The summed E-state index contributed by atoms with van der Waals surface area (Å²) in [6.45, 7) is 12.0. The number of allylic oxidation sites excluding steroid dienone is 3. The van der Waals surface area contributed by atoms with E-state index in [1.165, 1.54) is 22.4 Å². The van der Waals surface area contributed by atoms with Gasteiger partial charge in [-0.15, -0.1) is 0 Å². The highest BCUT2D eigenvalue weighted by Gasteiger charge is 2.30. The maximum atomic E-state index is 6.36. The summed E-state index contributed by atoms with van der Waals surface area (Å²) in [6.07, 6.45) is 7.11. The number of hydrogen-bond donors (Lipinski definition) is 0. The van der Waals surface area contributed by atoms with Crippen LogP contribution in [0.2, 0.25) is 0 Å². The first-order valence-electron chi connectivity index (χ1n) is 9.54. The highest BCUT2D eigenvalue weighted by Crippen LogP contribution is 2.41. The third-order valence-electron chi connectivity index (χ3n) is 5.21. The molecule has 27 heavy (non-hydrogen) atoms. The molecule has 0 amide bonds. The fourth-order valence-corrected chi connectivity index (χ4v) is 4.09. The van der Waals surface area contributed by atoms with Crippen molar-refractivity contribution in [3.8, 4) is 0 Å². The zero-order valence-corrected chi connectivity index (χ0v) is 16.8. The largest absolute Gasteiger partial charge is 0.487 e. The number of benzene rings is 1. The number of fused-ring (bicyclic) bond motifs is 1. The molecule has 0 aromatic heterocycles. The van der Waals surface area contributed by atoms with Gasteiger partial charge in [0.15, 0.2) is 0 Å². The van der Waals surface area contributed by atoms with E-state index in [1.807, 2.05) is 13.2 Å². The molecule has 0 N–H and O–H groups in total. The molecule has 4 heteroatoms. The van der Waals surface area contributed by atoms with E-state index in [-0.39, 0.29) is 6.10 Å². The van der Waals surface area contributed by atoms with Crippen molar-refractivity contribution in [1.29, 1.82) is 0 Å². The number of rotatable bonds is 3. The summed E-state index contributed by atoms with van der Waals surface area (Å²) in [5.41, 5.74) is 8.16. The first kappa shape index (κ1) is 17.9. The van der Waals surface area contributed by atoms with Crippen LogP contribution in [-0.4, -0.2) is 19.3 Å². The zero-order chi connectivity index (χ0) is 19.1. The number of anilines is 1. The molecule has 1 aromatic rings. The molecule has 0 radical (unpaired) electrons. The molecule has 3 heterocycles. The monoisotopic (exact) mass is 365 g/mol. The second-order valence-corrected chi connectivity index (χ2v) is 7.65. The lowest BCUT2D eigenvalue weighted by atomic mass is 9.97. The SMILES string of the molecule is CC1=CC2=C(OC3CCOC3)C(C)=CN(c3c(C)cc(C)cc3C)C2=CO1. The van der Waals surface area contributed by atoms with E-state index in [0.29, 0.717) is 6.61 Å². The first-order valence-corrected chi connectivity index (χ1v) is 9.54. The molecule has 1 saturated heterocycles. The molecule has 142 valence electrons. The van der Waals surface area contributed by atoms with Crippen LogP contribution in [0.25, 0.3) is 0 Å². The van der Waals surface area contributed by atoms with Crippen molar-refractivity contribution in [3.63, 3.8) is 0 Å². The molecule has 4 rings (SSSR count). The third kappa shape index (κ3) is 3.30. The van der Waals surface area contributed by atoms with Gasteiger partial charge in [-0.3, -0.25) is 0 Å². The fourth-order valence-electron chi connectivity index (χ4n) is 4.09. The van der Waals surface area contributed by atoms with Gasteiger partial charge in [-0.1, -0.05) is 17.7 Å². The Morgan fingerprint density at radius 2 is 1.81 bits per heavy atom. The summed E-state index contributed by atoms with van der Waals surface area (Å²) in [6, 6.07) is 4.45. The zero-order valence-electron chi connectivity index (χ0n) is 16.8. The number of ether oxygens (including phenoxy) is 3. The van der Waals surface area contributed by atoms with Crippen LogP contribution < -0.4 is 4.90 Å². The van der Waals surface area contributed by atoms with Crippen LogP contribution in [0, 0.1) is 20.8 Å². The Bertz CT molecular complexity index is 875. The third-order valence-corrected chi connectivity index (χ3v) is 5.21. The maximum Gasteiger partial charge on any atom is 0.133 e. The Labute approximate surface area is 161 Å². The van der Waals surface area contributed by atoms with Gasteiger partial charge in [-0.2, -0.15) is 0 Å². The van der Waals surface area contributed by atoms with Crippen molar-refractivity contribution in [3.05, 3.63) is 75.7 Å². The standard InChI is InChI=1S/C23H27NO3/c1-14-8-15(2)22(16(3)9-14)24-11-17(4)23(27-19-6-7-25-12-19)20-10-18(5)26-13-21(20)24/h8-11,13,19H,6-7,12H2,1-5H3. The van der Waals surface area contributed by atoms with Gasteiger partial charge in [0.25, 0.3) is 0 Å². The second-order valence-electron chi connectivity index (χ2n) is 7.65. The Morgan fingerprint density at radius 1 is 1.07 bits per heavy atom. The molecule has 0 saturated carbocycles. The van der Waals surface area contributed by atoms with E-state index >= 15 is 0 Å². The lowest BCUT2D eigenvalue weighted by Gasteiger charge is -2.35. The van der Waals surface area contributed by atoms with Gasteiger partial charge >= 0.3 is 0 Å². The molecule has 3 aliphatic heterocycles. The Kier molecular flexibility index (Phi) is 4.60. The Hall–Kier alpha value is -2.46. The lowest BCUT2D eigenvalue weighted by molar-refractivity contribution is 0.0944. The summed E-state index contributed by atoms with van der Waals surface area (Å²) in [7, 11) is 0. The summed E-state index contributed by atoms with van der Waals surface area (Å²) in [4.78, 5) is 2.23. The van der Waals surface area contributed by atoms with Crippen LogP contribution in [0.5, 0.6) is 0 Å². The number of hydrogen-bond acceptors (Lipinski definition) is 4. The van der Waals surface area contributed by atoms with Gasteiger partial charge < -0.3 is 19.1 Å². The second kappa shape index (κ2) is 6.93. The highest BCUT2D eigenvalue weighted by atomic mass is 16.5. The van der Waals surface area contributed by atoms with E-state index < -0.39 is 0 Å². The maximum absolute atomic E-state index is 6.36. The predicted molar refractivity (Wildman–Crippen MR) is 107 cm³/mol. The Balaban J connectivity index is 1.80.